The van der Waals surface area contributed by atoms with Gasteiger partial charge in [0.25, 0.3) is 0 Å². The van der Waals surface area contributed by atoms with Crippen molar-refractivity contribution >= 4 is 0 Å². The molecule has 0 spiro atoms. The van der Waals surface area contributed by atoms with E-state index < -0.39 is 0 Å². The van der Waals surface area contributed by atoms with E-state index in [2.05, 4.69) is 11.8 Å². The van der Waals surface area contributed by atoms with Gasteiger partial charge in [-0.3, -0.25) is 4.90 Å². The van der Waals surface area contributed by atoms with Crippen molar-refractivity contribution in [1.82, 2.24) is 4.90 Å². The Hall–Kier alpha value is -0.120. The first kappa shape index (κ1) is 12.9. The van der Waals surface area contributed by atoms with Gasteiger partial charge in [0.2, 0.25) is 0 Å². The topological polar surface area (TPSA) is 43.7 Å². The molecule has 0 aromatic heterocycles. The molecule has 0 aromatic rings. The summed E-state index contributed by atoms with van der Waals surface area (Å²) in [5, 5.41) is 19.1. The maximum Gasteiger partial charge on any atom is 0.0664 e. The van der Waals surface area contributed by atoms with Crippen LogP contribution in [0.2, 0.25) is 0 Å². The molecule has 90 valence electrons. The van der Waals surface area contributed by atoms with Crippen molar-refractivity contribution in [2.75, 3.05) is 6.54 Å². The third kappa shape index (κ3) is 3.74. The Bertz CT molecular complexity index is 182. The van der Waals surface area contributed by atoms with Crippen molar-refractivity contribution in [2.24, 2.45) is 0 Å². The monoisotopic (exact) mass is 215 g/mol. The van der Waals surface area contributed by atoms with Gasteiger partial charge in [-0.15, -0.1) is 0 Å². The molecule has 3 nitrogen and oxygen atoms in total. The van der Waals surface area contributed by atoms with Gasteiger partial charge in [-0.1, -0.05) is 6.42 Å². The van der Waals surface area contributed by atoms with Crippen LogP contribution in [0.4, 0.5) is 0 Å². The highest BCUT2D eigenvalue weighted by molar-refractivity contribution is 4.84. The van der Waals surface area contributed by atoms with Crippen LogP contribution in [0.15, 0.2) is 0 Å². The first-order valence-electron chi connectivity index (χ1n) is 6.14. The molecule has 0 saturated carbocycles. The van der Waals surface area contributed by atoms with E-state index in [-0.39, 0.29) is 18.2 Å². The van der Waals surface area contributed by atoms with Gasteiger partial charge in [0.1, 0.15) is 0 Å². The maximum absolute atomic E-state index is 9.62. The quantitative estimate of drug-likeness (QED) is 0.744. The number of aliphatic hydroxyl groups is 2. The predicted octanol–water partition coefficient (Wildman–Crippen LogP) is 1.38. The van der Waals surface area contributed by atoms with E-state index >= 15 is 0 Å². The largest absolute Gasteiger partial charge is 0.393 e. The summed E-state index contributed by atoms with van der Waals surface area (Å²) in [4.78, 5) is 2.36. The van der Waals surface area contributed by atoms with Gasteiger partial charge >= 0.3 is 0 Å². The maximum atomic E-state index is 9.62. The van der Waals surface area contributed by atoms with Crippen LogP contribution in [0.5, 0.6) is 0 Å². The molecule has 0 bridgehead atoms. The van der Waals surface area contributed by atoms with Crippen molar-refractivity contribution in [3.63, 3.8) is 0 Å². The molecule has 2 N–H and O–H groups in total. The first-order chi connectivity index (χ1) is 7.02. The lowest BCUT2D eigenvalue weighted by molar-refractivity contribution is 0.00787. The Kier molecular flexibility index (Phi) is 5.03. The van der Waals surface area contributed by atoms with Gasteiger partial charge < -0.3 is 10.2 Å². The SMILES string of the molecule is CC(O)CC1CCCCN1C(C)C(C)O. The molecule has 0 aromatic carbocycles. The van der Waals surface area contributed by atoms with Gasteiger partial charge in [-0.05, 0) is 46.6 Å². The van der Waals surface area contributed by atoms with Gasteiger partial charge in [0, 0.05) is 12.1 Å². The molecule has 0 aliphatic carbocycles. The predicted molar refractivity (Wildman–Crippen MR) is 61.8 cm³/mol. The highest BCUT2D eigenvalue weighted by Gasteiger charge is 2.29. The molecule has 1 rings (SSSR count). The van der Waals surface area contributed by atoms with Crippen LogP contribution in [0.1, 0.15) is 46.5 Å². The molecule has 0 amide bonds. The normalized spacial score (nSPS) is 29.8. The average Bonchev–Trinajstić information content (AvgIpc) is 2.16. The fraction of sp³-hybridized carbons (Fsp3) is 1.00. The number of nitrogens with zero attached hydrogens (tertiary/aromatic N) is 1. The third-order valence-corrected chi connectivity index (χ3v) is 3.51. The minimum Gasteiger partial charge on any atom is -0.393 e. The molecule has 3 heteroatoms. The van der Waals surface area contributed by atoms with Gasteiger partial charge in [0.15, 0.2) is 0 Å². The fourth-order valence-corrected chi connectivity index (χ4v) is 2.48. The molecular weight excluding hydrogens is 190 g/mol. The highest BCUT2D eigenvalue weighted by Crippen LogP contribution is 2.24. The molecule has 1 aliphatic heterocycles. The Morgan fingerprint density at radius 3 is 2.40 bits per heavy atom. The van der Waals surface area contributed by atoms with Crippen molar-refractivity contribution in [2.45, 2.75) is 70.7 Å². The van der Waals surface area contributed by atoms with E-state index in [4.69, 9.17) is 0 Å². The minimum atomic E-state index is -0.292. The molecule has 15 heavy (non-hydrogen) atoms. The molecule has 1 fully saturated rings. The van der Waals surface area contributed by atoms with Crippen molar-refractivity contribution in [3.05, 3.63) is 0 Å². The van der Waals surface area contributed by atoms with Crippen LogP contribution in [0, 0.1) is 0 Å². The van der Waals surface area contributed by atoms with Crippen LogP contribution in [0.25, 0.3) is 0 Å². The molecule has 0 radical (unpaired) electrons. The van der Waals surface area contributed by atoms with Crippen molar-refractivity contribution in [3.8, 4) is 0 Å². The second-order valence-electron chi connectivity index (χ2n) is 4.95. The van der Waals surface area contributed by atoms with E-state index in [0.717, 1.165) is 19.4 Å². The highest BCUT2D eigenvalue weighted by atomic mass is 16.3. The summed E-state index contributed by atoms with van der Waals surface area (Å²) in [6.45, 7) is 6.83. The Morgan fingerprint density at radius 1 is 1.20 bits per heavy atom. The van der Waals surface area contributed by atoms with Crippen LogP contribution >= 0.6 is 0 Å². The summed E-state index contributed by atoms with van der Waals surface area (Å²) in [6.07, 6.45) is 3.92. The number of hydrogen-bond acceptors (Lipinski definition) is 3. The van der Waals surface area contributed by atoms with Gasteiger partial charge in [0.05, 0.1) is 12.2 Å². The van der Waals surface area contributed by atoms with Crippen LogP contribution in [-0.4, -0.2) is 45.9 Å². The summed E-state index contributed by atoms with van der Waals surface area (Å²) < 4.78 is 0. The number of hydrogen-bond donors (Lipinski definition) is 2. The smallest absolute Gasteiger partial charge is 0.0664 e. The van der Waals surface area contributed by atoms with Crippen molar-refractivity contribution in [1.29, 1.82) is 0 Å². The minimum absolute atomic E-state index is 0.203. The van der Waals surface area contributed by atoms with Crippen LogP contribution in [0.3, 0.4) is 0 Å². The molecule has 1 saturated heterocycles. The van der Waals surface area contributed by atoms with Gasteiger partial charge in [-0.25, -0.2) is 0 Å². The second kappa shape index (κ2) is 5.83. The van der Waals surface area contributed by atoms with E-state index in [1.807, 2.05) is 13.8 Å². The molecule has 4 unspecified atom stereocenters. The zero-order chi connectivity index (χ0) is 11.4. The van der Waals surface area contributed by atoms with Crippen LogP contribution < -0.4 is 0 Å². The number of aliphatic hydroxyl groups excluding tert-OH is 2. The average molecular weight is 215 g/mol. The zero-order valence-electron chi connectivity index (χ0n) is 10.2. The summed E-state index contributed by atoms with van der Waals surface area (Å²) in [5.41, 5.74) is 0. The van der Waals surface area contributed by atoms with E-state index in [1.165, 1.54) is 12.8 Å². The molecule has 1 aliphatic rings. The molecule has 4 atom stereocenters. The number of likely N-dealkylation sites (tertiary alicyclic amines) is 1. The Labute approximate surface area is 93.1 Å². The standard InChI is InChI=1S/C12H25NO2/c1-9(14)8-12-6-4-5-7-13(12)10(2)11(3)15/h9-12,14-15H,4-8H2,1-3H3. The lowest BCUT2D eigenvalue weighted by Crippen LogP contribution is -2.50. The second-order valence-corrected chi connectivity index (χ2v) is 4.95. The molecule has 1 heterocycles. The van der Waals surface area contributed by atoms with Gasteiger partial charge in [-0.2, -0.15) is 0 Å². The number of rotatable bonds is 4. The third-order valence-electron chi connectivity index (χ3n) is 3.51. The Balaban J connectivity index is 2.56. The van der Waals surface area contributed by atoms with Crippen molar-refractivity contribution < 1.29 is 10.2 Å². The molecular formula is C12H25NO2. The van der Waals surface area contributed by atoms with Crippen LogP contribution in [-0.2, 0) is 0 Å². The lowest BCUT2D eigenvalue weighted by atomic mass is 9.94. The number of piperidine rings is 1. The first-order valence-corrected chi connectivity index (χ1v) is 6.14. The van der Waals surface area contributed by atoms with E-state index in [0.29, 0.717) is 6.04 Å². The summed E-state index contributed by atoms with van der Waals surface area (Å²) in [5.74, 6) is 0. The lowest BCUT2D eigenvalue weighted by Gasteiger charge is -2.41. The summed E-state index contributed by atoms with van der Waals surface area (Å²) in [6, 6.07) is 0.650. The Morgan fingerprint density at radius 2 is 1.87 bits per heavy atom. The van der Waals surface area contributed by atoms with E-state index in [1.54, 1.807) is 0 Å². The zero-order valence-corrected chi connectivity index (χ0v) is 10.2. The fourth-order valence-electron chi connectivity index (χ4n) is 2.48. The summed E-state index contributed by atoms with van der Waals surface area (Å²) >= 11 is 0. The van der Waals surface area contributed by atoms with E-state index in [9.17, 15) is 10.2 Å². The summed E-state index contributed by atoms with van der Waals surface area (Å²) in [7, 11) is 0.